The lowest BCUT2D eigenvalue weighted by atomic mass is 10.1. The number of hydrogen-bond acceptors (Lipinski definition) is 7. The van der Waals surface area contributed by atoms with Crippen LogP contribution in [0.5, 0.6) is 23.0 Å². The molecule has 0 saturated heterocycles. The van der Waals surface area contributed by atoms with Gasteiger partial charge in [-0.25, -0.2) is 0 Å². The summed E-state index contributed by atoms with van der Waals surface area (Å²) in [6.45, 7) is 2.39. The number of methoxy groups -OCH3 is 2. The monoisotopic (exact) mass is 390 g/mol. The van der Waals surface area contributed by atoms with E-state index in [0.717, 1.165) is 0 Å². The number of nitro benzene ring substituents is 1. The molecule has 9 nitrogen and oxygen atoms in total. The van der Waals surface area contributed by atoms with Gasteiger partial charge < -0.3 is 24.3 Å². The zero-order valence-corrected chi connectivity index (χ0v) is 15.9. The first-order chi connectivity index (χ1) is 13.5. The van der Waals surface area contributed by atoms with Crippen molar-refractivity contribution in [3.05, 3.63) is 52.1 Å². The van der Waals surface area contributed by atoms with Crippen LogP contribution in [0.4, 0.5) is 5.69 Å². The van der Waals surface area contributed by atoms with E-state index in [2.05, 4.69) is 5.32 Å². The molecule has 0 atom stereocenters. The third-order valence-electron chi connectivity index (χ3n) is 3.72. The van der Waals surface area contributed by atoms with Crippen molar-refractivity contribution in [2.45, 2.75) is 6.92 Å². The molecule has 0 heterocycles. The predicted molar refractivity (Wildman–Crippen MR) is 102 cm³/mol. The van der Waals surface area contributed by atoms with Gasteiger partial charge in [-0.1, -0.05) is 6.07 Å². The molecule has 0 bridgehead atoms. The van der Waals surface area contributed by atoms with Crippen molar-refractivity contribution in [2.75, 3.05) is 34.0 Å². The summed E-state index contributed by atoms with van der Waals surface area (Å²) in [5, 5.41) is 14.0. The molecule has 0 fully saturated rings. The molecule has 0 aliphatic heterocycles. The molecule has 9 heteroatoms. The van der Waals surface area contributed by atoms with Gasteiger partial charge in [0, 0.05) is 12.1 Å². The maximum Gasteiger partial charge on any atom is 0.286 e. The molecular weight excluding hydrogens is 368 g/mol. The summed E-state index contributed by atoms with van der Waals surface area (Å²) in [5.41, 5.74) is -0.484. The number of nitrogens with one attached hydrogen (secondary N) is 1. The Labute approximate surface area is 162 Å². The third-order valence-corrected chi connectivity index (χ3v) is 3.72. The van der Waals surface area contributed by atoms with Crippen molar-refractivity contribution in [1.82, 2.24) is 5.32 Å². The van der Waals surface area contributed by atoms with Gasteiger partial charge in [-0.3, -0.25) is 14.9 Å². The summed E-state index contributed by atoms with van der Waals surface area (Å²) in [6, 6.07) is 9.51. The standard InChI is InChI=1S/C19H22N2O7/c1-4-27-18-12-16(21(23)24)15(11-17(18)26-3)19(22)20-8-9-28-14-7-5-6-13(10-14)25-2/h5-7,10-12H,4,8-9H2,1-3H3,(H,20,22). The van der Waals surface area contributed by atoms with Crippen LogP contribution >= 0.6 is 0 Å². The summed E-state index contributed by atoms with van der Waals surface area (Å²) >= 11 is 0. The highest BCUT2D eigenvalue weighted by Crippen LogP contribution is 2.34. The molecular formula is C19H22N2O7. The number of rotatable bonds is 10. The Balaban J connectivity index is 2.05. The Hall–Kier alpha value is -3.49. The molecule has 2 rings (SSSR count). The highest BCUT2D eigenvalue weighted by atomic mass is 16.6. The highest BCUT2D eigenvalue weighted by molar-refractivity contribution is 5.99. The van der Waals surface area contributed by atoms with E-state index in [1.54, 1.807) is 38.3 Å². The maximum absolute atomic E-state index is 12.4. The van der Waals surface area contributed by atoms with Gasteiger partial charge in [-0.2, -0.15) is 0 Å². The fourth-order valence-corrected chi connectivity index (χ4v) is 2.43. The van der Waals surface area contributed by atoms with Crippen molar-refractivity contribution in [1.29, 1.82) is 0 Å². The smallest absolute Gasteiger partial charge is 0.286 e. The van der Waals surface area contributed by atoms with Crippen molar-refractivity contribution in [3.63, 3.8) is 0 Å². The minimum absolute atomic E-state index is 0.119. The van der Waals surface area contributed by atoms with Gasteiger partial charge in [-0.15, -0.1) is 0 Å². The number of amides is 1. The lowest BCUT2D eigenvalue weighted by Gasteiger charge is -2.12. The molecule has 28 heavy (non-hydrogen) atoms. The van der Waals surface area contributed by atoms with E-state index >= 15 is 0 Å². The molecule has 1 N–H and O–H groups in total. The van der Waals surface area contributed by atoms with Crippen LogP contribution in [0.3, 0.4) is 0 Å². The largest absolute Gasteiger partial charge is 0.497 e. The van der Waals surface area contributed by atoms with Crippen molar-refractivity contribution >= 4 is 11.6 Å². The first-order valence-electron chi connectivity index (χ1n) is 8.54. The van der Waals surface area contributed by atoms with Crippen LogP contribution in [0.15, 0.2) is 36.4 Å². The Morgan fingerprint density at radius 3 is 2.46 bits per heavy atom. The number of nitro groups is 1. The number of benzene rings is 2. The molecule has 0 unspecified atom stereocenters. The Bertz CT molecular complexity index is 839. The van der Waals surface area contributed by atoms with Gasteiger partial charge in [-0.05, 0) is 19.1 Å². The predicted octanol–water partition coefficient (Wildman–Crippen LogP) is 2.82. The number of hydrogen-bond donors (Lipinski definition) is 1. The average molecular weight is 390 g/mol. The molecule has 0 aliphatic rings. The molecule has 0 spiro atoms. The van der Waals surface area contributed by atoms with Crippen molar-refractivity contribution in [3.8, 4) is 23.0 Å². The van der Waals surface area contributed by atoms with E-state index in [-0.39, 0.29) is 35.9 Å². The van der Waals surface area contributed by atoms with E-state index in [1.807, 2.05) is 0 Å². The van der Waals surface area contributed by atoms with Gasteiger partial charge >= 0.3 is 0 Å². The first kappa shape index (κ1) is 20.8. The zero-order valence-electron chi connectivity index (χ0n) is 15.9. The Morgan fingerprint density at radius 2 is 1.82 bits per heavy atom. The summed E-state index contributed by atoms with van der Waals surface area (Å²) in [5.74, 6) is 1.07. The number of carbonyl (C=O) groups excluding carboxylic acids is 1. The Morgan fingerprint density at radius 1 is 1.07 bits per heavy atom. The lowest BCUT2D eigenvalue weighted by Crippen LogP contribution is -2.28. The second kappa shape index (κ2) is 10.0. The summed E-state index contributed by atoms with van der Waals surface area (Å²) in [6.07, 6.45) is 0. The molecule has 0 aliphatic carbocycles. The van der Waals surface area contributed by atoms with Crippen molar-refractivity contribution < 1.29 is 28.7 Å². The molecule has 0 aromatic heterocycles. The van der Waals surface area contributed by atoms with Gasteiger partial charge in [0.1, 0.15) is 23.7 Å². The summed E-state index contributed by atoms with van der Waals surface area (Å²) in [4.78, 5) is 23.1. The quantitative estimate of drug-likeness (QED) is 0.377. The van der Waals surface area contributed by atoms with E-state index in [0.29, 0.717) is 18.1 Å². The second-order valence-electron chi connectivity index (χ2n) is 5.49. The molecule has 2 aromatic carbocycles. The normalized spacial score (nSPS) is 10.1. The number of nitrogens with zero attached hydrogens (tertiary/aromatic N) is 1. The summed E-state index contributed by atoms with van der Waals surface area (Å²) in [7, 11) is 2.95. The SMILES string of the molecule is CCOc1cc([N+](=O)[O-])c(C(=O)NCCOc2cccc(OC)c2)cc1OC. The van der Waals surface area contributed by atoms with E-state index in [4.69, 9.17) is 18.9 Å². The molecule has 0 saturated carbocycles. The van der Waals surface area contributed by atoms with Crippen LogP contribution in [0.2, 0.25) is 0 Å². The highest BCUT2D eigenvalue weighted by Gasteiger charge is 2.24. The van der Waals surface area contributed by atoms with Crippen LogP contribution in [0, 0.1) is 10.1 Å². The van der Waals surface area contributed by atoms with E-state index < -0.39 is 10.8 Å². The van der Waals surface area contributed by atoms with Crippen LogP contribution in [-0.2, 0) is 0 Å². The van der Waals surface area contributed by atoms with Gasteiger partial charge in [0.05, 0.1) is 38.4 Å². The second-order valence-corrected chi connectivity index (χ2v) is 5.49. The molecule has 1 amide bonds. The molecule has 0 radical (unpaired) electrons. The minimum atomic E-state index is -0.635. The van der Waals surface area contributed by atoms with Gasteiger partial charge in [0.25, 0.3) is 11.6 Å². The maximum atomic E-state index is 12.4. The van der Waals surface area contributed by atoms with E-state index in [9.17, 15) is 14.9 Å². The number of ether oxygens (including phenoxy) is 4. The first-order valence-corrected chi connectivity index (χ1v) is 8.54. The van der Waals surface area contributed by atoms with Crippen LogP contribution < -0.4 is 24.3 Å². The topological polar surface area (TPSA) is 109 Å². The van der Waals surface area contributed by atoms with Gasteiger partial charge in [0.2, 0.25) is 0 Å². The minimum Gasteiger partial charge on any atom is -0.497 e. The number of carbonyl (C=O) groups is 1. The fourth-order valence-electron chi connectivity index (χ4n) is 2.43. The van der Waals surface area contributed by atoms with E-state index in [1.165, 1.54) is 19.2 Å². The van der Waals surface area contributed by atoms with Gasteiger partial charge in [0.15, 0.2) is 11.5 Å². The van der Waals surface area contributed by atoms with Crippen LogP contribution in [0.25, 0.3) is 0 Å². The fraction of sp³-hybridized carbons (Fsp3) is 0.316. The average Bonchev–Trinajstić information content (AvgIpc) is 2.71. The lowest BCUT2D eigenvalue weighted by molar-refractivity contribution is -0.385. The third kappa shape index (κ3) is 5.26. The Kier molecular flexibility index (Phi) is 7.44. The van der Waals surface area contributed by atoms with Crippen LogP contribution in [-0.4, -0.2) is 44.8 Å². The molecule has 150 valence electrons. The van der Waals surface area contributed by atoms with Crippen LogP contribution in [0.1, 0.15) is 17.3 Å². The molecule has 2 aromatic rings. The van der Waals surface area contributed by atoms with Crippen molar-refractivity contribution in [2.24, 2.45) is 0 Å². The summed E-state index contributed by atoms with van der Waals surface area (Å²) < 4.78 is 21.1. The zero-order chi connectivity index (χ0) is 20.5.